The monoisotopic (exact) mass is 376 g/mol. The highest BCUT2D eigenvalue weighted by atomic mass is 16.5. The molecule has 1 heterocycles. The standard InChI is InChI=1S/C20H32N4O3/c1-4-16(24-14-5-6-19(24)25)11-12-22-20(21-2)23-13-15-27-18-9-7-17(26-3)8-10-18/h7-10,16H,4-6,11-15H2,1-3H3,(H2,21,22,23). The van der Waals surface area contributed by atoms with Gasteiger partial charge in [0.25, 0.3) is 0 Å². The fourth-order valence-corrected chi connectivity index (χ4v) is 3.22. The van der Waals surface area contributed by atoms with Crippen LogP contribution in [0.1, 0.15) is 32.6 Å². The zero-order valence-corrected chi connectivity index (χ0v) is 16.7. The number of nitrogens with zero attached hydrogens (tertiary/aromatic N) is 2. The SMILES string of the molecule is CCC(CCNC(=NC)NCCOc1ccc(OC)cc1)N1CCCC1=O. The van der Waals surface area contributed by atoms with Gasteiger partial charge >= 0.3 is 0 Å². The van der Waals surface area contributed by atoms with Crippen LogP contribution in [-0.4, -0.2) is 63.2 Å². The molecule has 1 saturated heterocycles. The third-order valence-electron chi connectivity index (χ3n) is 4.74. The molecule has 1 amide bonds. The van der Waals surface area contributed by atoms with Crippen LogP contribution in [0.25, 0.3) is 0 Å². The number of carbonyl (C=O) groups is 1. The van der Waals surface area contributed by atoms with Gasteiger partial charge in [-0.1, -0.05) is 6.92 Å². The number of likely N-dealkylation sites (tertiary alicyclic amines) is 1. The first-order valence-electron chi connectivity index (χ1n) is 9.68. The number of methoxy groups -OCH3 is 1. The van der Waals surface area contributed by atoms with Gasteiger partial charge in [-0.05, 0) is 43.5 Å². The molecule has 7 nitrogen and oxygen atoms in total. The van der Waals surface area contributed by atoms with Gasteiger partial charge in [0.05, 0.1) is 13.7 Å². The average Bonchev–Trinajstić information content (AvgIpc) is 3.13. The fraction of sp³-hybridized carbons (Fsp3) is 0.600. The van der Waals surface area contributed by atoms with Crippen LogP contribution >= 0.6 is 0 Å². The van der Waals surface area contributed by atoms with Crippen molar-refractivity contribution in [1.82, 2.24) is 15.5 Å². The molecule has 1 aromatic carbocycles. The smallest absolute Gasteiger partial charge is 0.222 e. The third-order valence-corrected chi connectivity index (χ3v) is 4.74. The first-order valence-corrected chi connectivity index (χ1v) is 9.68. The van der Waals surface area contributed by atoms with E-state index in [9.17, 15) is 4.79 Å². The van der Waals surface area contributed by atoms with Gasteiger partial charge in [-0.3, -0.25) is 9.79 Å². The highest BCUT2D eigenvalue weighted by molar-refractivity contribution is 5.79. The van der Waals surface area contributed by atoms with E-state index in [2.05, 4.69) is 22.5 Å². The minimum absolute atomic E-state index is 0.292. The van der Waals surface area contributed by atoms with Crippen LogP contribution in [-0.2, 0) is 4.79 Å². The average molecular weight is 377 g/mol. The second kappa shape index (κ2) is 11.3. The van der Waals surface area contributed by atoms with Crippen molar-refractivity contribution in [3.63, 3.8) is 0 Å². The number of hydrogen-bond acceptors (Lipinski definition) is 4. The van der Waals surface area contributed by atoms with E-state index in [1.165, 1.54) is 0 Å². The second-order valence-electron chi connectivity index (χ2n) is 6.49. The number of benzene rings is 1. The van der Waals surface area contributed by atoms with Gasteiger partial charge in [0.2, 0.25) is 5.91 Å². The Balaban J connectivity index is 1.64. The number of amides is 1. The van der Waals surface area contributed by atoms with Crippen LogP contribution in [0.15, 0.2) is 29.3 Å². The van der Waals surface area contributed by atoms with Crippen molar-refractivity contribution in [2.24, 2.45) is 4.99 Å². The molecule has 0 aromatic heterocycles. The Morgan fingerprint density at radius 3 is 2.52 bits per heavy atom. The molecule has 7 heteroatoms. The van der Waals surface area contributed by atoms with Crippen molar-refractivity contribution >= 4 is 11.9 Å². The van der Waals surface area contributed by atoms with Crippen molar-refractivity contribution in [2.75, 3.05) is 40.4 Å². The van der Waals surface area contributed by atoms with Gasteiger partial charge < -0.3 is 25.0 Å². The van der Waals surface area contributed by atoms with Gasteiger partial charge in [-0.25, -0.2) is 0 Å². The van der Waals surface area contributed by atoms with Crippen LogP contribution < -0.4 is 20.1 Å². The Morgan fingerprint density at radius 1 is 1.22 bits per heavy atom. The van der Waals surface area contributed by atoms with Crippen LogP contribution in [0.4, 0.5) is 0 Å². The molecule has 1 unspecified atom stereocenters. The maximum atomic E-state index is 11.9. The van der Waals surface area contributed by atoms with Gasteiger partial charge in [0.1, 0.15) is 18.1 Å². The molecular formula is C20H32N4O3. The molecule has 27 heavy (non-hydrogen) atoms. The predicted molar refractivity (Wildman–Crippen MR) is 107 cm³/mol. The van der Waals surface area contributed by atoms with Crippen molar-refractivity contribution in [3.8, 4) is 11.5 Å². The molecular weight excluding hydrogens is 344 g/mol. The van der Waals surface area contributed by atoms with E-state index < -0.39 is 0 Å². The lowest BCUT2D eigenvalue weighted by atomic mass is 10.1. The lowest BCUT2D eigenvalue weighted by Gasteiger charge is -2.27. The molecule has 0 bridgehead atoms. The molecule has 0 saturated carbocycles. The molecule has 0 aliphatic carbocycles. The van der Waals surface area contributed by atoms with Crippen LogP contribution in [0.2, 0.25) is 0 Å². The summed E-state index contributed by atoms with van der Waals surface area (Å²) in [5.74, 6) is 2.66. The maximum Gasteiger partial charge on any atom is 0.222 e. The van der Waals surface area contributed by atoms with E-state index in [1.54, 1.807) is 14.2 Å². The Bertz CT molecular complexity index is 604. The molecule has 1 aliphatic heterocycles. The molecule has 150 valence electrons. The molecule has 1 atom stereocenters. The van der Waals surface area contributed by atoms with E-state index in [-0.39, 0.29) is 0 Å². The first kappa shape index (κ1) is 20.9. The summed E-state index contributed by atoms with van der Waals surface area (Å²) in [5, 5.41) is 6.56. The summed E-state index contributed by atoms with van der Waals surface area (Å²) in [6.07, 6.45) is 3.59. The van der Waals surface area contributed by atoms with Gasteiger partial charge in [-0.15, -0.1) is 0 Å². The zero-order valence-electron chi connectivity index (χ0n) is 16.7. The zero-order chi connectivity index (χ0) is 19.5. The van der Waals surface area contributed by atoms with E-state index in [1.807, 2.05) is 29.2 Å². The van der Waals surface area contributed by atoms with E-state index in [0.29, 0.717) is 31.5 Å². The quantitative estimate of drug-likeness (QED) is 0.371. The molecule has 0 spiro atoms. The maximum absolute atomic E-state index is 11.9. The number of carbonyl (C=O) groups excluding carboxylic acids is 1. The molecule has 1 aromatic rings. The summed E-state index contributed by atoms with van der Waals surface area (Å²) >= 11 is 0. The van der Waals surface area contributed by atoms with Crippen molar-refractivity contribution in [3.05, 3.63) is 24.3 Å². The van der Waals surface area contributed by atoms with Crippen molar-refractivity contribution in [2.45, 2.75) is 38.6 Å². The third kappa shape index (κ3) is 6.66. The van der Waals surface area contributed by atoms with Crippen LogP contribution in [0, 0.1) is 0 Å². The fourth-order valence-electron chi connectivity index (χ4n) is 3.22. The number of nitrogens with one attached hydrogen (secondary N) is 2. The largest absolute Gasteiger partial charge is 0.497 e. The van der Waals surface area contributed by atoms with Gasteiger partial charge in [0.15, 0.2) is 5.96 Å². The predicted octanol–water partition coefficient (Wildman–Crippen LogP) is 2.03. The molecule has 1 fully saturated rings. The lowest BCUT2D eigenvalue weighted by Crippen LogP contribution is -2.42. The Kier molecular flexibility index (Phi) is 8.74. The normalized spacial score (nSPS) is 15.6. The minimum Gasteiger partial charge on any atom is -0.497 e. The summed E-state index contributed by atoms with van der Waals surface area (Å²) in [5.41, 5.74) is 0. The Labute approximate surface area is 162 Å². The number of rotatable bonds is 10. The highest BCUT2D eigenvalue weighted by Crippen LogP contribution is 2.18. The highest BCUT2D eigenvalue weighted by Gasteiger charge is 2.26. The summed E-state index contributed by atoms with van der Waals surface area (Å²) in [4.78, 5) is 18.2. The second-order valence-corrected chi connectivity index (χ2v) is 6.49. The number of aliphatic imine (C=N–C) groups is 1. The first-order chi connectivity index (χ1) is 13.2. The number of guanidine groups is 1. The summed E-state index contributed by atoms with van der Waals surface area (Å²) in [6.45, 7) is 4.99. The summed E-state index contributed by atoms with van der Waals surface area (Å²) < 4.78 is 10.8. The molecule has 1 aliphatic rings. The Hall–Kier alpha value is -2.44. The Morgan fingerprint density at radius 2 is 1.93 bits per heavy atom. The van der Waals surface area contributed by atoms with Crippen LogP contribution in [0.3, 0.4) is 0 Å². The topological polar surface area (TPSA) is 75.2 Å². The number of ether oxygens (including phenoxy) is 2. The van der Waals surface area contributed by atoms with Crippen molar-refractivity contribution in [1.29, 1.82) is 0 Å². The summed E-state index contributed by atoms with van der Waals surface area (Å²) in [7, 11) is 3.39. The lowest BCUT2D eigenvalue weighted by molar-refractivity contribution is -0.129. The van der Waals surface area contributed by atoms with E-state index >= 15 is 0 Å². The molecule has 2 N–H and O–H groups in total. The summed E-state index contributed by atoms with van der Waals surface area (Å²) in [6, 6.07) is 7.83. The molecule has 0 radical (unpaired) electrons. The minimum atomic E-state index is 0.292. The molecule has 2 rings (SSSR count). The van der Waals surface area contributed by atoms with E-state index in [4.69, 9.17) is 9.47 Å². The van der Waals surface area contributed by atoms with E-state index in [0.717, 1.165) is 49.8 Å². The van der Waals surface area contributed by atoms with Gasteiger partial charge in [0, 0.05) is 32.6 Å². The van der Waals surface area contributed by atoms with Crippen molar-refractivity contribution < 1.29 is 14.3 Å². The van der Waals surface area contributed by atoms with Gasteiger partial charge in [-0.2, -0.15) is 0 Å². The van der Waals surface area contributed by atoms with Crippen LogP contribution in [0.5, 0.6) is 11.5 Å². The number of hydrogen-bond donors (Lipinski definition) is 2.